The highest BCUT2D eigenvalue weighted by molar-refractivity contribution is 7.80. The molecular weight excluding hydrogens is 590 g/mol. The minimum atomic E-state index is -0.110. The van der Waals surface area contributed by atoms with Crippen LogP contribution in [0.3, 0.4) is 0 Å². The number of ether oxygens (including phenoxy) is 1. The number of nitrogens with zero attached hydrogens (tertiary/aromatic N) is 5. The summed E-state index contributed by atoms with van der Waals surface area (Å²) in [5, 5.41) is 8.13. The van der Waals surface area contributed by atoms with Gasteiger partial charge < -0.3 is 30.1 Å². The van der Waals surface area contributed by atoms with Crippen molar-refractivity contribution in [3.05, 3.63) is 71.2 Å². The summed E-state index contributed by atoms with van der Waals surface area (Å²) in [5.74, 6) is 3.68. The third-order valence-corrected chi connectivity index (χ3v) is 9.80. The Kier molecular flexibility index (Phi) is 9.74. The number of aromatic nitrogens is 2. The van der Waals surface area contributed by atoms with Gasteiger partial charge in [0.1, 0.15) is 11.6 Å². The molecule has 10 heteroatoms. The first kappa shape index (κ1) is 30.9. The fourth-order valence-corrected chi connectivity index (χ4v) is 7.38. The Balaban J connectivity index is 1.19. The maximum atomic E-state index is 6.39. The molecule has 3 saturated heterocycles. The second-order valence-electron chi connectivity index (χ2n) is 12.8. The van der Waals surface area contributed by atoms with Crippen molar-refractivity contribution in [3.63, 3.8) is 0 Å². The number of nitrogens with one attached hydrogen (secondary N) is 2. The van der Waals surface area contributed by atoms with Crippen LogP contribution in [0.25, 0.3) is 0 Å². The van der Waals surface area contributed by atoms with Gasteiger partial charge in [-0.2, -0.15) is 9.97 Å². The van der Waals surface area contributed by atoms with E-state index in [-0.39, 0.29) is 5.41 Å². The minimum absolute atomic E-state index is 0.110. The second-order valence-corrected chi connectivity index (χ2v) is 13.6. The molecule has 0 amide bonds. The number of benzene rings is 2. The molecule has 0 radical (unpaired) electrons. The fraction of sp³-hybridized carbons (Fsp3) is 0.500. The third kappa shape index (κ3) is 7.38. The summed E-state index contributed by atoms with van der Waals surface area (Å²) in [6, 6.07) is 21.0. The summed E-state index contributed by atoms with van der Waals surface area (Å²) < 4.78 is 5.73. The van der Waals surface area contributed by atoms with E-state index in [4.69, 9.17) is 38.5 Å². The zero-order valence-corrected chi connectivity index (χ0v) is 27.4. The van der Waals surface area contributed by atoms with Crippen molar-refractivity contribution in [1.29, 1.82) is 0 Å². The molecule has 234 valence electrons. The number of piperazine rings is 1. The summed E-state index contributed by atoms with van der Waals surface area (Å²) >= 11 is 12.2. The van der Waals surface area contributed by atoms with Crippen molar-refractivity contribution in [2.45, 2.75) is 38.5 Å². The van der Waals surface area contributed by atoms with Crippen molar-refractivity contribution in [1.82, 2.24) is 15.3 Å². The summed E-state index contributed by atoms with van der Waals surface area (Å²) in [4.78, 5) is 17.2. The molecule has 3 aliphatic heterocycles. The highest BCUT2D eigenvalue weighted by Crippen LogP contribution is 2.35. The standard InChI is InChI=1S/C34H44ClN7OS/c1-25-19-26(2)23-42(22-25)31-21-30(41-15-13-40(14-16-41)29-9-4-3-5-10-29)37-32(38-31)39-33(44)36-24-34(11-17-43-18-12-34)27-7-6-8-28(35)20-27/h3-10,20-21,25-26H,11-19,22-24H2,1-2H3,(H2,36,37,38,39,44)/t25-,26+. The summed E-state index contributed by atoms with van der Waals surface area (Å²) in [6.45, 7) is 12.4. The van der Waals surface area contributed by atoms with Gasteiger partial charge in [-0.05, 0) is 73.1 Å². The molecule has 0 bridgehead atoms. The normalized spacial score (nSPS) is 22.0. The van der Waals surface area contributed by atoms with Crippen molar-refractivity contribution < 1.29 is 4.74 Å². The van der Waals surface area contributed by atoms with E-state index in [1.165, 1.54) is 17.7 Å². The maximum absolute atomic E-state index is 6.39. The van der Waals surface area contributed by atoms with Crippen LogP contribution in [0.2, 0.25) is 5.02 Å². The lowest BCUT2D eigenvalue weighted by Crippen LogP contribution is -2.47. The van der Waals surface area contributed by atoms with Crippen LogP contribution in [-0.2, 0) is 10.2 Å². The minimum Gasteiger partial charge on any atom is -0.381 e. The van der Waals surface area contributed by atoms with E-state index < -0.39 is 0 Å². The van der Waals surface area contributed by atoms with Gasteiger partial charge in [0.2, 0.25) is 5.95 Å². The van der Waals surface area contributed by atoms with Crippen LogP contribution in [0, 0.1) is 11.8 Å². The van der Waals surface area contributed by atoms with Gasteiger partial charge in [-0.1, -0.05) is 55.8 Å². The molecule has 2 N–H and O–H groups in total. The van der Waals surface area contributed by atoms with Gasteiger partial charge in [0, 0.05) is 81.2 Å². The predicted octanol–water partition coefficient (Wildman–Crippen LogP) is 5.97. The van der Waals surface area contributed by atoms with E-state index in [1.807, 2.05) is 12.1 Å². The molecule has 8 nitrogen and oxygen atoms in total. The van der Waals surface area contributed by atoms with Gasteiger partial charge in [0.05, 0.1) is 0 Å². The molecule has 4 heterocycles. The molecule has 1 aromatic heterocycles. The Bertz CT molecular complexity index is 1400. The Labute approximate surface area is 272 Å². The van der Waals surface area contributed by atoms with E-state index in [1.54, 1.807) is 0 Å². The Morgan fingerprint density at radius 2 is 1.55 bits per heavy atom. The average Bonchev–Trinajstić information content (AvgIpc) is 3.04. The van der Waals surface area contributed by atoms with Crippen LogP contribution in [0.15, 0.2) is 60.7 Å². The molecule has 0 spiro atoms. The van der Waals surface area contributed by atoms with Crippen LogP contribution in [-0.4, -0.2) is 74.1 Å². The molecule has 6 rings (SSSR count). The molecule has 3 fully saturated rings. The third-order valence-electron chi connectivity index (χ3n) is 9.32. The van der Waals surface area contributed by atoms with Crippen LogP contribution in [0.1, 0.15) is 38.7 Å². The Morgan fingerprint density at radius 3 is 2.23 bits per heavy atom. The molecule has 2 aromatic carbocycles. The van der Waals surface area contributed by atoms with Crippen molar-refractivity contribution in [3.8, 4) is 0 Å². The number of para-hydroxylation sites is 1. The molecule has 2 atom stereocenters. The number of thiocarbonyl (C=S) groups is 1. The topological polar surface area (TPSA) is 68.8 Å². The lowest BCUT2D eigenvalue weighted by molar-refractivity contribution is 0.0515. The smallest absolute Gasteiger partial charge is 0.232 e. The van der Waals surface area contributed by atoms with E-state index in [0.717, 1.165) is 68.8 Å². The molecule has 0 aliphatic carbocycles. The van der Waals surface area contributed by atoms with Crippen LogP contribution < -0.4 is 25.3 Å². The van der Waals surface area contributed by atoms with Crippen LogP contribution in [0.5, 0.6) is 0 Å². The monoisotopic (exact) mass is 633 g/mol. The number of rotatable bonds is 7. The summed E-state index contributed by atoms with van der Waals surface area (Å²) in [5.41, 5.74) is 2.37. The number of hydrogen-bond acceptors (Lipinski definition) is 7. The number of halogens is 1. The quantitative estimate of drug-likeness (QED) is 0.306. The molecule has 3 aliphatic rings. The van der Waals surface area contributed by atoms with Crippen LogP contribution >= 0.6 is 23.8 Å². The van der Waals surface area contributed by atoms with E-state index in [0.29, 0.717) is 42.7 Å². The highest BCUT2D eigenvalue weighted by Gasteiger charge is 2.35. The van der Waals surface area contributed by atoms with Crippen molar-refractivity contribution >= 4 is 52.2 Å². The summed E-state index contributed by atoms with van der Waals surface area (Å²) in [6.07, 6.45) is 3.05. The fourth-order valence-electron chi connectivity index (χ4n) is 7.03. The largest absolute Gasteiger partial charge is 0.381 e. The highest BCUT2D eigenvalue weighted by atomic mass is 35.5. The van der Waals surface area contributed by atoms with Gasteiger partial charge in [0.15, 0.2) is 5.11 Å². The van der Waals surface area contributed by atoms with E-state index >= 15 is 0 Å². The Morgan fingerprint density at radius 1 is 0.886 bits per heavy atom. The average molecular weight is 634 g/mol. The molecule has 3 aromatic rings. The zero-order chi connectivity index (χ0) is 30.5. The first-order chi connectivity index (χ1) is 21.4. The number of hydrogen-bond donors (Lipinski definition) is 2. The van der Waals surface area contributed by atoms with Crippen LogP contribution in [0.4, 0.5) is 23.3 Å². The van der Waals surface area contributed by atoms with Crippen molar-refractivity contribution in [2.24, 2.45) is 11.8 Å². The molecule has 44 heavy (non-hydrogen) atoms. The SMILES string of the molecule is C[C@@H]1C[C@H](C)CN(c2cc(N3CCN(c4ccccc4)CC3)nc(NC(=S)NCC3(c4cccc(Cl)c4)CCOCC3)n2)C1. The second kappa shape index (κ2) is 13.9. The first-order valence-corrected chi connectivity index (χ1v) is 16.7. The molecule has 0 saturated carbocycles. The van der Waals surface area contributed by atoms with Gasteiger partial charge in [0.25, 0.3) is 0 Å². The Hall–Kier alpha value is -3.14. The maximum Gasteiger partial charge on any atom is 0.232 e. The lowest BCUT2D eigenvalue weighted by Gasteiger charge is -2.39. The predicted molar refractivity (Wildman–Crippen MR) is 185 cm³/mol. The molecule has 0 unspecified atom stereocenters. The van der Waals surface area contributed by atoms with E-state index in [9.17, 15) is 0 Å². The van der Waals surface area contributed by atoms with Crippen molar-refractivity contribution in [2.75, 3.05) is 79.0 Å². The number of piperidine rings is 1. The first-order valence-electron chi connectivity index (χ1n) is 15.9. The van der Waals surface area contributed by atoms with Gasteiger partial charge in [-0.25, -0.2) is 0 Å². The zero-order valence-electron chi connectivity index (χ0n) is 25.8. The van der Waals surface area contributed by atoms with Gasteiger partial charge in [-0.3, -0.25) is 0 Å². The number of anilines is 4. The van der Waals surface area contributed by atoms with E-state index in [2.05, 4.69) is 87.7 Å². The lowest BCUT2D eigenvalue weighted by atomic mass is 9.74. The summed E-state index contributed by atoms with van der Waals surface area (Å²) in [7, 11) is 0. The van der Waals surface area contributed by atoms with Gasteiger partial charge >= 0.3 is 0 Å². The van der Waals surface area contributed by atoms with Gasteiger partial charge in [-0.15, -0.1) is 0 Å². The molecular formula is C34H44ClN7OS.